The molecule has 0 saturated carbocycles. The summed E-state index contributed by atoms with van der Waals surface area (Å²) in [6.07, 6.45) is 4.58. The molecule has 8 nitrogen and oxygen atoms in total. The molecule has 1 aromatic carbocycles. The van der Waals surface area contributed by atoms with Crippen LogP contribution in [-0.2, 0) is 17.8 Å². The van der Waals surface area contributed by atoms with Crippen molar-refractivity contribution in [3.05, 3.63) is 47.9 Å². The molecule has 1 aliphatic rings. The highest BCUT2D eigenvalue weighted by Gasteiger charge is 2.31. The maximum absolute atomic E-state index is 12.8. The molecule has 2 aromatic heterocycles. The maximum atomic E-state index is 12.8. The van der Waals surface area contributed by atoms with Crippen molar-refractivity contribution in [1.82, 2.24) is 24.6 Å². The van der Waals surface area contributed by atoms with Crippen molar-refractivity contribution in [3.63, 3.8) is 0 Å². The van der Waals surface area contributed by atoms with Gasteiger partial charge < -0.3 is 15.4 Å². The number of rotatable bonds is 6. The minimum Gasteiger partial charge on any atom is -0.497 e. The molecule has 0 aliphatic carbocycles. The molecule has 3 aromatic rings. The van der Waals surface area contributed by atoms with Gasteiger partial charge in [-0.25, -0.2) is 14.6 Å². The van der Waals surface area contributed by atoms with E-state index >= 15 is 0 Å². The van der Waals surface area contributed by atoms with E-state index in [-0.39, 0.29) is 11.8 Å². The highest BCUT2D eigenvalue weighted by molar-refractivity contribution is 5.80. The van der Waals surface area contributed by atoms with Gasteiger partial charge in [0.1, 0.15) is 11.3 Å². The van der Waals surface area contributed by atoms with Crippen LogP contribution in [0.1, 0.15) is 23.6 Å². The number of nitrogens with two attached hydrogens (primary N) is 1. The van der Waals surface area contributed by atoms with Gasteiger partial charge in [0, 0.05) is 37.9 Å². The van der Waals surface area contributed by atoms with E-state index in [1.807, 2.05) is 33.8 Å². The van der Waals surface area contributed by atoms with Crippen LogP contribution in [0, 0.1) is 0 Å². The van der Waals surface area contributed by atoms with E-state index in [4.69, 9.17) is 15.6 Å². The lowest BCUT2D eigenvalue weighted by molar-refractivity contribution is -0.129. The number of methoxy groups -OCH3 is 1. The fourth-order valence-electron chi connectivity index (χ4n) is 3.76. The number of hydrogen-bond acceptors (Lipinski definition) is 6. The molecule has 0 bridgehead atoms. The van der Waals surface area contributed by atoms with Crippen LogP contribution in [0.3, 0.4) is 0 Å². The number of carbonyl (C=O) groups is 1. The summed E-state index contributed by atoms with van der Waals surface area (Å²) in [6, 6.07) is 7.64. The van der Waals surface area contributed by atoms with Crippen molar-refractivity contribution in [2.75, 3.05) is 26.7 Å². The second-order valence-corrected chi connectivity index (χ2v) is 6.98. The van der Waals surface area contributed by atoms with Gasteiger partial charge >= 0.3 is 0 Å². The first-order valence-electron chi connectivity index (χ1n) is 9.47. The fraction of sp³-hybridized carbons (Fsp3) is 0.400. The van der Waals surface area contributed by atoms with Crippen molar-refractivity contribution >= 4 is 17.1 Å². The van der Waals surface area contributed by atoms with Crippen LogP contribution in [0.4, 0.5) is 0 Å². The van der Waals surface area contributed by atoms with E-state index < -0.39 is 0 Å². The van der Waals surface area contributed by atoms with Gasteiger partial charge in [-0.3, -0.25) is 4.79 Å². The van der Waals surface area contributed by atoms with Crippen LogP contribution in [0.15, 0.2) is 36.7 Å². The summed E-state index contributed by atoms with van der Waals surface area (Å²) in [5.74, 6) is 1.04. The smallest absolute Gasteiger partial charge is 0.227 e. The Balaban J connectivity index is 1.49. The lowest BCUT2D eigenvalue weighted by atomic mass is 10.0. The van der Waals surface area contributed by atoms with E-state index in [2.05, 4.69) is 9.97 Å². The molecule has 1 saturated heterocycles. The standard InChI is InChI=1S/C20H24N6O2/c1-28-16-4-2-3-14(11-16)12-17(27)25-9-5-15(13-25)18-19-20(23-8-7-22-19)26(24-18)10-6-21/h2-4,7-8,11,15H,5-6,9-10,12-13,21H2,1H3/t15-/m1/s1. The second-order valence-electron chi connectivity index (χ2n) is 6.98. The number of aromatic nitrogens is 4. The van der Waals surface area contributed by atoms with Crippen LogP contribution >= 0.6 is 0 Å². The number of fused-ring (bicyclic) bond motifs is 1. The largest absolute Gasteiger partial charge is 0.497 e. The zero-order valence-corrected chi connectivity index (χ0v) is 15.9. The molecule has 4 rings (SSSR count). The molecule has 1 amide bonds. The average Bonchev–Trinajstić information content (AvgIpc) is 3.34. The number of ether oxygens (including phenoxy) is 1. The third kappa shape index (κ3) is 3.55. The van der Waals surface area contributed by atoms with Gasteiger partial charge in [0.2, 0.25) is 5.91 Å². The molecule has 0 radical (unpaired) electrons. The van der Waals surface area contributed by atoms with E-state index in [1.54, 1.807) is 19.5 Å². The third-order valence-corrected chi connectivity index (χ3v) is 5.15. The number of benzene rings is 1. The topological polar surface area (TPSA) is 99.2 Å². The summed E-state index contributed by atoms with van der Waals surface area (Å²) in [6.45, 7) is 2.45. The first kappa shape index (κ1) is 18.4. The Bertz CT molecular complexity index is 986. The number of nitrogens with zero attached hydrogens (tertiary/aromatic N) is 5. The Morgan fingerprint density at radius 1 is 1.32 bits per heavy atom. The van der Waals surface area contributed by atoms with Gasteiger partial charge in [-0.15, -0.1) is 0 Å². The molecule has 3 heterocycles. The lowest BCUT2D eigenvalue weighted by Gasteiger charge is -2.16. The van der Waals surface area contributed by atoms with E-state index in [9.17, 15) is 4.79 Å². The van der Waals surface area contributed by atoms with Gasteiger partial charge in [0.25, 0.3) is 0 Å². The molecule has 8 heteroatoms. The van der Waals surface area contributed by atoms with Crippen LogP contribution < -0.4 is 10.5 Å². The molecule has 0 spiro atoms. The summed E-state index contributed by atoms with van der Waals surface area (Å²) < 4.78 is 7.06. The Kier molecular flexibility index (Phi) is 5.21. The van der Waals surface area contributed by atoms with Crippen LogP contribution in [0.5, 0.6) is 5.75 Å². The van der Waals surface area contributed by atoms with Crippen LogP contribution in [0.2, 0.25) is 0 Å². The summed E-state index contributed by atoms with van der Waals surface area (Å²) in [5.41, 5.74) is 9.13. The lowest BCUT2D eigenvalue weighted by Crippen LogP contribution is -2.30. The van der Waals surface area contributed by atoms with Crippen LogP contribution in [-0.4, -0.2) is 57.3 Å². The molecule has 1 fully saturated rings. The second kappa shape index (κ2) is 7.93. The van der Waals surface area contributed by atoms with Gasteiger partial charge in [0.15, 0.2) is 5.65 Å². The molecule has 1 atom stereocenters. The first-order valence-corrected chi connectivity index (χ1v) is 9.47. The van der Waals surface area contributed by atoms with Gasteiger partial charge in [-0.05, 0) is 24.1 Å². The predicted octanol–water partition coefficient (Wildman–Crippen LogP) is 1.35. The Hall–Kier alpha value is -3.00. The van der Waals surface area contributed by atoms with Crippen molar-refractivity contribution in [1.29, 1.82) is 0 Å². The Labute approximate surface area is 163 Å². The van der Waals surface area contributed by atoms with Gasteiger partial charge in [0.05, 0.1) is 25.8 Å². The SMILES string of the molecule is COc1cccc(CC(=O)N2CC[C@@H](c3nn(CCN)c4nccnc34)C2)c1. The number of hydrogen-bond donors (Lipinski definition) is 1. The quantitative estimate of drug-likeness (QED) is 0.693. The maximum Gasteiger partial charge on any atom is 0.227 e. The Morgan fingerprint density at radius 2 is 2.18 bits per heavy atom. The van der Waals surface area contributed by atoms with E-state index in [0.29, 0.717) is 26.1 Å². The van der Waals surface area contributed by atoms with E-state index in [0.717, 1.165) is 41.1 Å². The summed E-state index contributed by atoms with van der Waals surface area (Å²) in [5, 5.41) is 4.72. The Morgan fingerprint density at radius 3 is 3.00 bits per heavy atom. The average molecular weight is 380 g/mol. The van der Waals surface area contributed by atoms with Crippen LogP contribution in [0.25, 0.3) is 11.2 Å². The zero-order chi connectivity index (χ0) is 19.5. The highest BCUT2D eigenvalue weighted by atomic mass is 16.5. The van der Waals surface area contributed by atoms with Gasteiger partial charge in [-0.1, -0.05) is 12.1 Å². The highest BCUT2D eigenvalue weighted by Crippen LogP contribution is 2.30. The normalized spacial score (nSPS) is 16.6. The number of carbonyl (C=O) groups excluding carboxylic acids is 1. The monoisotopic (exact) mass is 380 g/mol. The molecule has 2 N–H and O–H groups in total. The van der Waals surface area contributed by atoms with Crippen molar-refractivity contribution < 1.29 is 9.53 Å². The minimum absolute atomic E-state index is 0.118. The third-order valence-electron chi connectivity index (χ3n) is 5.15. The molecule has 146 valence electrons. The molecule has 1 aliphatic heterocycles. The van der Waals surface area contributed by atoms with Gasteiger partial charge in [-0.2, -0.15) is 5.10 Å². The zero-order valence-electron chi connectivity index (χ0n) is 15.9. The van der Waals surface area contributed by atoms with Crippen molar-refractivity contribution in [2.45, 2.75) is 25.3 Å². The van der Waals surface area contributed by atoms with E-state index in [1.165, 1.54) is 0 Å². The minimum atomic E-state index is 0.118. The van der Waals surface area contributed by atoms with Crippen molar-refractivity contribution in [3.8, 4) is 5.75 Å². The summed E-state index contributed by atoms with van der Waals surface area (Å²) in [4.78, 5) is 23.6. The fourth-order valence-corrected chi connectivity index (χ4v) is 3.76. The molecular weight excluding hydrogens is 356 g/mol. The molecule has 0 unspecified atom stereocenters. The summed E-state index contributed by atoms with van der Waals surface area (Å²) in [7, 11) is 1.63. The molecule has 28 heavy (non-hydrogen) atoms. The molecular formula is C20H24N6O2. The first-order chi connectivity index (χ1) is 13.7. The number of likely N-dealkylation sites (tertiary alicyclic amines) is 1. The predicted molar refractivity (Wildman–Crippen MR) is 105 cm³/mol. The number of amides is 1. The summed E-state index contributed by atoms with van der Waals surface area (Å²) >= 11 is 0. The van der Waals surface area contributed by atoms with Crippen molar-refractivity contribution in [2.24, 2.45) is 5.73 Å².